The van der Waals surface area contributed by atoms with Crippen LogP contribution in [-0.4, -0.2) is 55.0 Å². The number of aliphatic hydroxyl groups excluding tert-OH is 2. The SMILES string of the molecule is O=C(Oc1ccccc1)C1CCC(O)CC1.O=C(c1ccc(O)cc1)C1CCC(O)CC1.S=C=S.[Cl][Al]([Cl])[Cl]. The molecular weight excluding hydrogens is 618 g/mol. The Balaban J connectivity index is 0.000000316. The topological polar surface area (TPSA) is 104 Å². The molecule has 2 aromatic rings. The van der Waals surface area contributed by atoms with Gasteiger partial charge in [0.2, 0.25) is 0 Å². The number of thiocarbonyl (C=S) groups is 2. The summed E-state index contributed by atoms with van der Waals surface area (Å²) in [6, 6.07) is 15.5. The average molecular weight is 650 g/mol. The number of carbonyl (C=O) groups is 2. The molecule has 4 rings (SSSR count). The minimum Gasteiger partial charge on any atom is -0.508 e. The third kappa shape index (κ3) is 16.1. The Hall–Kier alpha value is -1.08. The summed E-state index contributed by atoms with van der Waals surface area (Å²) in [5.41, 5.74) is 0.652. The first-order valence-corrected chi connectivity index (χ1v) is 18.5. The molecule has 212 valence electrons. The molecule has 2 aliphatic rings. The zero-order valence-electron chi connectivity index (χ0n) is 21.3. The van der Waals surface area contributed by atoms with Gasteiger partial charge >= 0.3 is 17.4 Å². The number of phenolic OH excluding ortho intramolecular Hbond substituents is 1. The molecule has 3 N–H and O–H groups in total. The van der Waals surface area contributed by atoms with Gasteiger partial charge in [0.25, 0.3) is 0 Å². The Morgan fingerprint density at radius 1 is 0.769 bits per heavy atom. The molecule has 0 atom stereocenters. The maximum atomic E-state index is 12.1. The summed E-state index contributed by atoms with van der Waals surface area (Å²) in [5.74, 6) is 0.718. The van der Waals surface area contributed by atoms with E-state index >= 15 is 0 Å². The first-order chi connectivity index (χ1) is 18.6. The molecule has 0 spiro atoms. The van der Waals surface area contributed by atoms with Crippen molar-refractivity contribution in [1.29, 1.82) is 0 Å². The molecule has 0 aromatic heterocycles. The number of ketones is 1. The van der Waals surface area contributed by atoms with Crippen molar-refractivity contribution in [3.63, 3.8) is 0 Å². The van der Waals surface area contributed by atoms with Gasteiger partial charge < -0.3 is 20.1 Å². The van der Waals surface area contributed by atoms with Gasteiger partial charge in [-0.1, -0.05) is 18.2 Å². The van der Waals surface area contributed by atoms with Crippen molar-refractivity contribution >= 4 is 82.0 Å². The number of hydrogen-bond donors (Lipinski definition) is 3. The lowest BCUT2D eigenvalue weighted by atomic mass is 9.82. The zero-order valence-corrected chi connectivity index (χ0v) is 26.3. The Morgan fingerprint density at radius 2 is 1.18 bits per heavy atom. The number of carbonyl (C=O) groups excluding carboxylic acids is 2. The molecule has 39 heavy (non-hydrogen) atoms. The lowest BCUT2D eigenvalue weighted by Crippen LogP contribution is -2.27. The molecule has 0 heterocycles. The van der Waals surface area contributed by atoms with Crippen molar-refractivity contribution < 1.29 is 29.6 Å². The van der Waals surface area contributed by atoms with Crippen LogP contribution in [-0.2, 0) is 4.79 Å². The molecule has 0 unspecified atom stereocenters. The van der Waals surface area contributed by atoms with E-state index in [0.29, 0.717) is 37.0 Å². The second-order valence-electron chi connectivity index (χ2n) is 8.99. The second-order valence-corrected chi connectivity index (χ2v) is 16.1. The maximum Gasteiger partial charge on any atom is 0.643 e. The molecule has 0 aliphatic heterocycles. The molecular formula is C27H32AlCl3O6S2. The van der Waals surface area contributed by atoms with Crippen molar-refractivity contribution in [3.05, 3.63) is 60.2 Å². The van der Waals surface area contributed by atoms with E-state index in [9.17, 15) is 19.8 Å². The Morgan fingerprint density at radius 3 is 1.62 bits per heavy atom. The first-order valence-electron chi connectivity index (χ1n) is 12.4. The number of aromatic hydroxyl groups is 1. The van der Waals surface area contributed by atoms with Crippen LogP contribution in [0.4, 0.5) is 0 Å². The quantitative estimate of drug-likeness (QED) is 0.107. The highest BCUT2D eigenvalue weighted by Gasteiger charge is 2.27. The standard InChI is InChI=1S/2C13H16O3.CS2.Al.3ClH/c14-11-5-1-9(2-6-11)13(16)10-3-7-12(15)8-4-10;14-11-8-6-10(7-9-11)13(15)16-12-4-2-1-3-5-12;2-1-3;;;;/h1-2,5-6,10,12,14-15H,3-4,7-8H2;1-5,10-11,14H,6-9H2;;;3*1H/q;;;+3;;;/p-3. The third-order valence-corrected chi connectivity index (χ3v) is 6.21. The van der Waals surface area contributed by atoms with Gasteiger partial charge in [-0.05, 0) is 112 Å². The van der Waals surface area contributed by atoms with E-state index in [1.54, 1.807) is 24.3 Å². The van der Waals surface area contributed by atoms with Crippen LogP contribution in [0.25, 0.3) is 0 Å². The van der Waals surface area contributed by atoms with Gasteiger partial charge in [-0.3, -0.25) is 9.59 Å². The largest absolute Gasteiger partial charge is 0.643 e. The fraction of sp³-hybridized carbons (Fsp3) is 0.444. The highest BCUT2D eigenvalue weighted by Crippen LogP contribution is 2.28. The summed E-state index contributed by atoms with van der Waals surface area (Å²) in [4.78, 5) is 23.8. The van der Waals surface area contributed by atoms with Crippen molar-refractivity contribution in [2.45, 2.75) is 63.6 Å². The first kappa shape index (κ1) is 35.9. The summed E-state index contributed by atoms with van der Waals surface area (Å²) >= 11 is 6.19. The fourth-order valence-corrected chi connectivity index (χ4v) is 4.20. The van der Waals surface area contributed by atoms with E-state index in [2.05, 4.69) is 24.4 Å². The number of rotatable bonds is 4. The molecule has 0 saturated heterocycles. The van der Waals surface area contributed by atoms with Gasteiger partial charge in [-0.25, -0.2) is 30.1 Å². The highest BCUT2D eigenvalue weighted by molar-refractivity contribution is 7.93. The Kier molecular flexibility index (Phi) is 19.1. The lowest BCUT2D eigenvalue weighted by Gasteiger charge is -2.24. The van der Waals surface area contributed by atoms with Gasteiger partial charge in [0, 0.05) is 15.8 Å². The monoisotopic (exact) mass is 648 g/mol. The predicted molar refractivity (Wildman–Crippen MR) is 164 cm³/mol. The molecule has 6 nitrogen and oxygen atoms in total. The number of para-hydroxylation sites is 1. The van der Waals surface area contributed by atoms with E-state index in [1.165, 1.54) is 12.1 Å². The number of hydrogen-bond acceptors (Lipinski definition) is 8. The number of ether oxygens (including phenoxy) is 1. The van der Waals surface area contributed by atoms with Gasteiger partial charge in [0.15, 0.2) is 5.78 Å². The van der Waals surface area contributed by atoms with Crippen molar-refractivity contribution in [3.8, 4) is 11.5 Å². The molecule has 12 heteroatoms. The summed E-state index contributed by atoms with van der Waals surface area (Å²) < 4.78 is 7.19. The average Bonchev–Trinajstić information content (AvgIpc) is 2.91. The Bertz CT molecular complexity index is 1010. The van der Waals surface area contributed by atoms with E-state index in [0.717, 1.165) is 25.7 Å². The Labute approximate surface area is 257 Å². The summed E-state index contributed by atoms with van der Waals surface area (Å²) in [6.07, 6.45) is 5.36. The smallest absolute Gasteiger partial charge is 0.508 e. The molecule has 2 aromatic carbocycles. The van der Waals surface area contributed by atoms with Crippen molar-refractivity contribution in [2.75, 3.05) is 0 Å². The molecule has 0 radical (unpaired) electrons. The van der Waals surface area contributed by atoms with Crippen LogP contribution in [0.15, 0.2) is 54.6 Å². The fourth-order valence-electron chi connectivity index (χ4n) is 4.20. The summed E-state index contributed by atoms with van der Waals surface area (Å²) in [6.45, 7) is 0. The third-order valence-electron chi connectivity index (χ3n) is 6.21. The van der Waals surface area contributed by atoms with Crippen LogP contribution in [0.5, 0.6) is 11.5 Å². The number of benzene rings is 2. The van der Waals surface area contributed by atoms with Crippen molar-refractivity contribution in [2.24, 2.45) is 11.8 Å². The van der Waals surface area contributed by atoms with Crippen LogP contribution in [0.3, 0.4) is 0 Å². The minimum atomic E-state index is -1.72. The van der Waals surface area contributed by atoms with E-state index < -0.39 is 11.4 Å². The van der Waals surface area contributed by atoms with E-state index in [4.69, 9.17) is 40.0 Å². The summed E-state index contributed by atoms with van der Waals surface area (Å²) in [7, 11) is 14.8. The van der Waals surface area contributed by atoms with Crippen molar-refractivity contribution in [1.82, 2.24) is 0 Å². The minimum absolute atomic E-state index is 0.0351. The van der Waals surface area contributed by atoms with E-state index in [1.807, 2.05) is 22.5 Å². The number of aliphatic hydroxyl groups is 2. The molecule has 0 bridgehead atoms. The zero-order chi connectivity index (χ0) is 29.2. The van der Waals surface area contributed by atoms with Gasteiger partial charge in [0.1, 0.15) is 11.5 Å². The lowest BCUT2D eigenvalue weighted by molar-refractivity contribution is -0.140. The predicted octanol–water partition coefficient (Wildman–Crippen LogP) is 6.97. The van der Waals surface area contributed by atoms with E-state index in [-0.39, 0.29) is 41.5 Å². The number of esters is 1. The number of halogens is 3. The number of phenols is 1. The van der Waals surface area contributed by atoms with Crippen LogP contribution in [0.2, 0.25) is 0 Å². The molecule has 2 aliphatic carbocycles. The van der Waals surface area contributed by atoms with Crippen LogP contribution in [0, 0.1) is 11.8 Å². The second kappa shape index (κ2) is 20.7. The van der Waals surface area contributed by atoms with Gasteiger partial charge in [0.05, 0.1) is 18.1 Å². The maximum absolute atomic E-state index is 12.1. The van der Waals surface area contributed by atoms with Crippen LogP contribution < -0.4 is 4.74 Å². The molecule has 0 amide bonds. The number of Topliss-reactive ketones (excluding diaryl/α,β-unsaturated/α-hetero) is 1. The van der Waals surface area contributed by atoms with Crippen LogP contribution >= 0.6 is 54.6 Å². The molecule has 2 saturated carbocycles. The van der Waals surface area contributed by atoms with Crippen LogP contribution in [0.1, 0.15) is 61.7 Å². The summed E-state index contributed by atoms with van der Waals surface area (Å²) in [5, 5.41) is 27.9. The normalized spacial score (nSPS) is 21.6. The highest BCUT2D eigenvalue weighted by atomic mass is 35.8. The van der Waals surface area contributed by atoms with Gasteiger partial charge in [-0.2, -0.15) is 0 Å². The van der Waals surface area contributed by atoms with Gasteiger partial charge in [-0.15, -0.1) is 0 Å². The molecule has 2 fully saturated rings.